The minimum absolute atomic E-state index is 0.0200. The van der Waals surface area contributed by atoms with E-state index in [1.54, 1.807) is 0 Å². The lowest BCUT2D eigenvalue weighted by molar-refractivity contribution is -0.125. The molecule has 0 bridgehead atoms. The number of nitrogens with one attached hydrogen (secondary N) is 1. The molecule has 122 valence electrons. The average molecular weight is 310 g/mol. The lowest BCUT2D eigenvalue weighted by Gasteiger charge is -2.22. The maximum atomic E-state index is 12.5. The van der Waals surface area contributed by atoms with Crippen molar-refractivity contribution in [1.82, 2.24) is 5.32 Å². The van der Waals surface area contributed by atoms with Crippen LogP contribution in [-0.2, 0) is 11.2 Å². The Balaban J connectivity index is 1.99. The van der Waals surface area contributed by atoms with Gasteiger partial charge in [0.05, 0.1) is 12.0 Å². The normalized spacial score (nSPS) is 14.8. The van der Waals surface area contributed by atoms with E-state index in [1.165, 1.54) is 5.56 Å². The number of benzene rings is 2. The van der Waals surface area contributed by atoms with Crippen molar-refractivity contribution in [3.8, 4) is 0 Å². The summed E-state index contributed by atoms with van der Waals surface area (Å²) in [6.45, 7) is 6.01. The smallest absolute Gasteiger partial charge is 0.225 e. The quantitative estimate of drug-likeness (QED) is 0.853. The zero-order valence-corrected chi connectivity index (χ0v) is 14.1. The van der Waals surface area contributed by atoms with E-state index in [-0.39, 0.29) is 23.9 Å². The molecule has 3 atom stereocenters. The highest BCUT2D eigenvalue weighted by atomic mass is 16.1. The zero-order chi connectivity index (χ0) is 16.8. The number of nitrogens with two attached hydrogens (primary N) is 1. The highest BCUT2D eigenvalue weighted by molar-refractivity contribution is 5.79. The first-order valence-electron chi connectivity index (χ1n) is 8.22. The monoisotopic (exact) mass is 310 g/mol. The SMILES string of the molecule is CCc1ccc(C(C)NC(=O)C(C)C(N)c2ccccc2)cc1. The Hall–Kier alpha value is -2.13. The maximum Gasteiger partial charge on any atom is 0.225 e. The third-order valence-electron chi connectivity index (χ3n) is 4.38. The second-order valence-electron chi connectivity index (χ2n) is 6.05. The van der Waals surface area contributed by atoms with E-state index in [1.807, 2.05) is 44.2 Å². The number of hydrogen-bond donors (Lipinski definition) is 2. The van der Waals surface area contributed by atoms with Gasteiger partial charge in [-0.3, -0.25) is 4.79 Å². The first kappa shape index (κ1) is 17.2. The van der Waals surface area contributed by atoms with Crippen molar-refractivity contribution >= 4 is 5.91 Å². The van der Waals surface area contributed by atoms with Crippen molar-refractivity contribution in [2.45, 2.75) is 39.3 Å². The third-order valence-corrected chi connectivity index (χ3v) is 4.38. The predicted octanol–water partition coefficient (Wildman–Crippen LogP) is 3.76. The van der Waals surface area contributed by atoms with Crippen LogP contribution in [0.3, 0.4) is 0 Å². The molecule has 0 heterocycles. The minimum atomic E-state index is -0.300. The van der Waals surface area contributed by atoms with Crippen molar-refractivity contribution in [3.63, 3.8) is 0 Å². The van der Waals surface area contributed by atoms with E-state index in [0.29, 0.717) is 0 Å². The fourth-order valence-electron chi connectivity index (χ4n) is 2.60. The van der Waals surface area contributed by atoms with Gasteiger partial charge in [0.2, 0.25) is 5.91 Å². The lowest BCUT2D eigenvalue weighted by Crippen LogP contribution is -2.36. The lowest BCUT2D eigenvalue weighted by atomic mass is 9.94. The van der Waals surface area contributed by atoms with Gasteiger partial charge in [0.25, 0.3) is 0 Å². The molecule has 1 amide bonds. The first-order valence-corrected chi connectivity index (χ1v) is 8.22. The molecule has 0 fully saturated rings. The minimum Gasteiger partial charge on any atom is -0.349 e. The van der Waals surface area contributed by atoms with Crippen LogP contribution in [0.25, 0.3) is 0 Å². The standard InChI is InChI=1S/C20H26N2O/c1-4-16-10-12-17(13-11-16)15(3)22-20(23)14(2)19(21)18-8-6-5-7-9-18/h5-15,19H,4,21H2,1-3H3,(H,22,23). The molecule has 3 heteroatoms. The van der Waals surface area contributed by atoms with Crippen LogP contribution in [0.15, 0.2) is 54.6 Å². The molecule has 0 radical (unpaired) electrons. The van der Waals surface area contributed by atoms with Crippen LogP contribution in [0, 0.1) is 5.92 Å². The molecule has 3 N–H and O–H groups in total. The van der Waals surface area contributed by atoms with Crippen LogP contribution in [0.4, 0.5) is 0 Å². The fourth-order valence-corrected chi connectivity index (χ4v) is 2.60. The number of amides is 1. The Morgan fingerprint density at radius 3 is 2.17 bits per heavy atom. The zero-order valence-electron chi connectivity index (χ0n) is 14.1. The molecular weight excluding hydrogens is 284 g/mol. The van der Waals surface area contributed by atoms with E-state index in [0.717, 1.165) is 17.5 Å². The van der Waals surface area contributed by atoms with Crippen LogP contribution >= 0.6 is 0 Å². The van der Waals surface area contributed by atoms with Crippen LogP contribution in [0.1, 0.15) is 49.5 Å². The third kappa shape index (κ3) is 4.42. The summed E-state index contributed by atoms with van der Waals surface area (Å²) in [5.41, 5.74) is 9.62. The Bertz CT molecular complexity index is 622. The van der Waals surface area contributed by atoms with Gasteiger partial charge in [-0.25, -0.2) is 0 Å². The molecule has 0 aliphatic rings. The topological polar surface area (TPSA) is 55.1 Å². The molecule has 0 aromatic heterocycles. The van der Waals surface area contributed by atoms with Crippen LogP contribution in [-0.4, -0.2) is 5.91 Å². The summed E-state index contributed by atoms with van der Waals surface area (Å²) in [4.78, 5) is 12.5. The summed E-state index contributed by atoms with van der Waals surface area (Å²) in [6, 6.07) is 17.8. The Morgan fingerprint density at radius 1 is 1.00 bits per heavy atom. The molecular formula is C20H26N2O. The van der Waals surface area contributed by atoms with Crippen LogP contribution < -0.4 is 11.1 Å². The Labute approximate surface area is 138 Å². The molecule has 0 aliphatic heterocycles. The number of carbonyl (C=O) groups excluding carboxylic acids is 1. The summed E-state index contributed by atoms with van der Waals surface area (Å²) >= 11 is 0. The average Bonchev–Trinajstić information content (AvgIpc) is 2.61. The highest BCUT2D eigenvalue weighted by Gasteiger charge is 2.23. The van der Waals surface area contributed by atoms with Crippen molar-refractivity contribution < 1.29 is 4.79 Å². The number of carbonyl (C=O) groups is 1. The largest absolute Gasteiger partial charge is 0.349 e. The van der Waals surface area contributed by atoms with E-state index < -0.39 is 0 Å². The second-order valence-corrected chi connectivity index (χ2v) is 6.05. The highest BCUT2D eigenvalue weighted by Crippen LogP contribution is 2.21. The molecule has 0 saturated heterocycles. The van der Waals surface area contributed by atoms with Crippen molar-refractivity contribution in [3.05, 3.63) is 71.3 Å². The van der Waals surface area contributed by atoms with Gasteiger partial charge in [0.15, 0.2) is 0 Å². The first-order chi connectivity index (χ1) is 11.0. The number of aryl methyl sites for hydroxylation is 1. The van der Waals surface area contributed by atoms with Gasteiger partial charge in [0.1, 0.15) is 0 Å². The van der Waals surface area contributed by atoms with Gasteiger partial charge in [-0.1, -0.05) is 68.4 Å². The van der Waals surface area contributed by atoms with Crippen molar-refractivity contribution in [2.24, 2.45) is 11.7 Å². The van der Waals surface area contributed by atoms with E-state index in [2.05, 4.69) is 36.5 Å². The molecule has 3 nitrogen and oxygen atoms in total. The fraction of sp³-hybridized carbons (Fsp3) is 0.350. The number of hydrogen-bond acceptors (Lipinski definition) is 2. The maximum absolute atomic E-state index is 12.5. The molecule has 2 aromatic carbocycles. The van der Waals surface area contributed by atoms with Gasteiger partial charge in [-0.2, -0.15) is 0 Å². The molecule has 0 spiro atoms. The summed E-state index contributed by atoms with van der Waals surface area (Å²) in [6.07, 6.45) is 1.02. The number of rotatable bonds is 6. The summed E-state index contributed by atoms with van der Waals surface area (Å²) < 4.78 is 0. The summed E-state index contributed by atoms with van der Waals surface area (Å²) in [5, 5.41) is 3.07. The molecule has 0 aliphatic carbocycles. The van der Waals surface area contributed by atoms with Gasteiger partial charge in [-0.15, -0.1) is 0 Å². The van der Waals surface area contributed by atoms with E-state index >= 15 is 0 Å². The Morgan fingerprint density at radius 2 is 1.61 bits per heavy atom. The summed E-state index contributed by atoms with van der Waals surface area (Å²) in [5.74, 6) is -0.303. The van der Waals surface area contributed by atoms with Crippen molar-refractivity contribution in [1.29, 1.82) is 0 Å². The van der Waals surface area contributed by atoms with Gasteiger partial charge in [0, 0.05) is 6.04 Å². The Kier molecular flexibility index (Phi) is 5.94. The molecule has 2 rings (SSSR count). The van der Waals surface area contributed by atoms with Crippen LogP contribution in [0.2, 0.25) is 0 Å². The predicted molar refractivity (Wildman–Crippen MR) is 94.9 cm³/mol. The van der Waals surface area contributed by atoms with Crippen LogP contribution in [0.5, 0.6) is 0 Å². The molecule has 2 aromatic rings. The second kappa shape index (κ2) is 7.93. The molecule has 0 saturated carbocycles. The molecule has 23 heavy (non-hydrogen) atoms. The van der Waals surface area contributed by atoms with Gasteiger partial charge in [-0.05, 0) is 30.0 Å². The van der Waals surface area contributed by atoms with E-state index in [9.17, 15) is 4.79 Å². The molecule has 3 unspecified atom stereocenters. The van der Waals surface area contributed by atoms with Crippen molar-refractivity contribution in [2.75, 3.05) is 0 Å². The van der Waals surface area contributed by atoms with Gasteiger partial charge < -0.3 is 11.1 Å². The van der Waals surface area contributed by atoms with Gasteiger partial charge >= 0.3 is 0 Å². The summed E-state index contributed by atoms with van der Waals surface area (Å²) in [7, 11) is 0. The van der Waals surface area contributed by atoms with E-state index in [4.69, 9.17) is 5.73 Å².